The molecule has 1 aromatic heterocycles. The fraction of sp³-hybridized carbons (Fsp3) is 0.200. The molecule has 1 fully saturated rings. The summed E-state index contributed by atoms with van der Waals surface area (Å²) in [6.07, 6.45) is 7.74. The fourth-order valence-corrected chi connectivity index (χ4v) is 5.94. The zero-order valence-electron chi connectivity index (χ0n) is 16.9. The summed E-state index contributed by atoms with van der Waals surface area (Å²) in [5.74, 6) is -0.0967. The van der Waals surface area contributed by atoms with Crippen LogP contribution in [0.4, 0.5) is 11.4 Å². The molecule has 0 saturated heterocycles. The molecule has 2 amide bonds. The van der Waals surface area contributed by atoms with Crippen LogP contribution in [-0.2, 0) is 4.79 Å². The molecule has 0 unspecified atom stereocenters. The maximum Gasteiger partial charge on any atom is 0.259 e. The van der Waals surface area contributed by atoms with Crippen LogP contribution >= 0.6 is 23.1 Å². The van der Waals surface area contributed by atoms with Gasteiger partial charge in [0.25, 0.3) is 5.91 Å². The van der Waals surface area contributed by atoms with E-state index in [0.717, 1.165) is 57.3 Å². The predicted molar refractivity (Wildman–Crippen MR) is 128 cm³/mol. The predicted octanol–water partition coefficient (Wildman–Crippen LogP) is 6.45. The van der Waals surface area contributed by atoms with Gasteiger partial charge in [-0.15, -0.1) is 11.3 Å². The molecule has 2 aromatic carbocycles. The number of amides is 2. The third-order valence-electron chi connectivity index (χ3n) is 5.68. The van der Waals surface area contributed by atoms with Gasteiger partial charge in [-0.25, -0.2) is 0 Å². The minimum atomic E-state index is -0.170. The van der Waals surface area contributed by atoms with Crippen LogP contribution in [0.15, 0.2) is 75.8 Å². The Hall–Kier alpha value is -2.83. The summed E-state index contributed by atoms with van der Waals surface area (Å²) in [5.41, 5.74) is 2.41. The Labute approximate surface area is 190 Å². The van der Waals surface area contributed by atoms with Crippen molar-refractivity contribution < 1.29 is 9.59 Å². The summed E-state index contributed by atoms with van der Waals surface area (Å²) in [4.78, 5) is 30.9. The van der Waals surface area contributed by atoms with Gasteiger partial charge in [-0.1, -0.05) is 42.8 Å². The van der Waals surface area contributed by atoms with Crippen molar-refractivity contribution in [3.63, 3.8) is 0 Å². The number of nitrogens with zero attached hydrogens (tertiary/aromatic N) is 1. The van der Waals surface area contributed by atoms with Gasteiger partial charge in [0.2, 0.25) is 5.91 Å². The van der Waals surface area contributed by atoms with Gasteiger partial charge in [0, 0.05) is 32.5 Å². The standard InChI is InChI=1S/C25H22N2O2S2/c28-24(14-12-19-8-5-15-30-19)26-17-11-13-21-23(16-17)31-22-10-4-3-9-20(22)25(29)27(21)18-6-1-2-7-18/h3-5,8-16,18H,1-2,6-7H2,(H,26,28)/b14-12+. The zero-order chi connectivity index (χ0) is 21.2. The lowest BCUT2D eigenvalue weighted by molar-refractivity contribution is -0.111. The summed E-state index contributed by atoms with van der Waals surface area (Å²) in [6, 6.07) is 17.8. The number of hydrogen-bond donors (Lipinski definition) is 1. The van der Waals surface area contributed by atoms with Crippen LogP contribution in [0, 0.1) is 0 Å². The van der Waals surface area contributed by atoms with Crippen molar-refractivity contribution in [2.45, 2.75) is 41.5 Å². The molecule has 31 heavy (non-hydrogen) atoms. The van der Waals surface area contributed by atoms with Crippen molar-refractivity contribution in [2.24, 2.45) is 0 Å². The van der Waals surface area contributed by atoms with Crippen LogP contribution < -0.4 is 10.2 Å². The molecule has 4 nitrogen and oxygen atoms in total. The molecule has 2 aliphatic rings. The Kier molecular flexibility index (Phi) is 5.66. The van der Waals surface area contributed by atoms with Crippen LogP contribution in [0.25, 0.3) is 6.08 Å². The van der Waals surface area contributed by atoms with E-state index in [0.29, 0.717) is 0 Å². The topological polar surface area (TPSA) is 49.4 Å². The maximum atomic E-state index is 13.5. The number of hydrogen-bond acceptors (Lipinski definition) is 4. The minimum Gasteiger partial charge on any atom is -0.322 e. The summed E-state index contributed by atoms with van der Waals surface area (Å²) >= 11 is 3.18. The van der Waals surface area contributed by atoms with Gasteiger partial charge in [0.15, 0.2) is 0 Å². The van der Waals surface area contributed by atoms with E-state index in [2.05, 4.69) is 5.32 Å². The van der Waals surface area contributed by atoms with Crippen LogP contribution in [0.1, 0.15) is 40.9 Å². The number of thiophene rings is 1. The highest BCUT2D eigenvalue weighted by Gasteiger charge is 2.33. The first-order valence-electron chi connectivity index (χ1n) is 10.5. The van der Waals surface area contributed by atoms with Gasteiger partial charge < -0.3 is 10.2 Å². The number of benzene rings is 2. The number of fused-ring (bicyclic) bond motifs is 2. The molecule has 1 saturated carbocycles. The quantitative estimate of drug-likeness (QED) is 0.468. The Morgan fingerprint density at radius 2 is 1.87 bits per heavy atom. The Morgan fingerprint density at radius 3 is 2.68 bits per heavy atom. The number of carbonyl (C=O) groups is 2. The summed E-state index contributed by atoms with van der Waals surface area (Å²) < 4.78 is 0. The summed E-state index contributed by atoms with van der Waals surface area (Å²) in [5, 5.41) is 4.94. The normalized spacial score (nSPS) is 16.3. The highest BCUT2D eigenvalue weighted by molar-refractivity contribution is 7.99. The number of carbonyl (C=O) groups excluding carboxylic acids is 2. The third-order valence-corrected chi connectivity index (χ3v) is 7.64. The van der Waals surface area contributed by atoms with Gasteiger partial charge >= 0.3 is 0 Å². The molecule has 1 aliphatic heterocycles. The molecule has 0 spiro atoms. The van der Waals surface area contributed by atoms with E-state index < -0.39 is 0 Å². The van der Waals surface area contributed by atoms with Crippen molar-refractivity contribution in [3.8, 4) is 0 Å². The molecular weight excluding hydrogens is 424 g/mol. The summed E-state index contributed by atoms with van der Waals surface area (Å²) in [7, 11) is 0. The smallest absolute Gasteiger partial charge is 0.259 e. The lowest BCUT2D eigenvalue weighted by atomic mass is 10.1. The molecule has 5 rings (SSSR count). The van der Waals surface area contributed by atoms with Gasteiger partial charge in [-0.3, -0.25) is 9.59 Å². The SMILES string of the molecule is O=C(/C=C/c1cccs1)Nc1ccc2c(c1)Sc1ccccc1C(=O)N2C1CCCC1. The van der Waals surface area contributed by atoms with Gasteiger partial charge in [0.1, 0.15) is 0 Å². The minimum absolute atomic E-state index is 0.0735. The third kappa shape index (κ3) is 4.18. The van der Waals surface area contributed by atoms with Crippen molar-refractivity contribution in [1.29, 1.82) is 0 Å². The Balaban J connectivity index is 1.47. The summed E-state index contributed by atoms with van der Waals surface area (Å²) in [6.45, 7) is 0. The fourth-order valence-electron chi connectivity index (χ4n) is 4.22. The van der Waals surface area contributed by atoms with Crippen molar-refractivity contribution in [1.82, 2.24) is 0 Å². The van der Waals surface area contributed by atoms with Crippen LogP contribution in [0.5, 0.6) is 0 Å². The Morgan fingerprint density at radius 1 is 1.03 bits per heavy atom. The first-order valence-corrected chi connectivity index (χ1v) is 12.2. The van der Waals surface area contributed by atoms with E-state index in [4.69, 9.17) is 0 Å². The average Bonchev–Trinajstić information content (AvgIpc) is 3.47. The van der Waals surface area contributed by atoms with Crippen molar-refractivity contribution >= 4 is 52.4 Å². The number of rotatable bonds is 4. The van der Waals surface area contributed by atoms with E-state index in [9.17, 15) is 9.59 Å². The van der Waals surface area contributed by atoms with Gasteiger partial charge in [-0.2, -0.15) is 0 Å². The lowest BCUT2D eigenvalue weighted by Gasteiger charge is -2.29. The van der Waals surface area contributed by atoms with Gasteiger partial charge in [-0.05, 0) is 60.7 Å². The van der Waals surface area contributed by atoms with E-state index in [1.165, 1.54) is 0 Å². The maximum absolute atomic E-state index is 13.5. The largest absolute Gasteiger partial charge is 0.322 e. The first-order chi connectivity index (χ1) is 15.2. The lowest BCUT2D eigenvalue weighted by Crippen LogP contribution is -2.39. The number of nitrogens with one attached hydrogen (secondary N) is 1. The molecule has 0 atom stereocenters. The second-order valence-corrected chi connectivity index (χ2v) is 9.80. The van der Waals surface area contributed by atoms with Gasteiger partial charge in [0.05, 0.1) is 11.3 Å². The molecule has 0 radical (unpaired) electrons. The monoisotopic (exact) mass is 446 g/mol. The van der Waals surface area contributed by atoms with E-state index in [1.807, 2.05) is 71.0 Å². The van der Waals surface area contributed by atoms with Crippen molar-refractivity contribution in [2.75, 3.05) is 10.2 Å². The highest BCUT2D eigenvalue weighted by atomic mass is 32.2. The van der Waals surface area contributed by atoms with Crippen molar-refractivity contribution in [3.05, 3.63) is 76.5 Å². The zero-order valence-corrected chi connectivity index (χ0v) is 18.5. The van der Waals surface area contributed by atoms with E-state index >= 15 is 0 Å². The molecule has 2 heterocycles. The van der Waals surface area contributed by atoms with Crippen LogP contribution in [0.2, 0.25) is 0 Å². The first kappa shape index (κ1) is 20.1. The Bertz CT molecular complexity index is 1150. The van der Waals surface area contributed by atoms with Crippen LogP contribution in [-0.4, -0.2) is 17.9 Å². The molecule has 6 heteroatoms. The second-order valence-electron chi connectivity index (χ2n) is 7.73. The van der Waals surface area contributed by atoms with E-state index in [1.54, 1.807) is 29.2 Å². The molecule has 0 bridgehead atoms. The second kappa shape index (κ2) is 8.73. The number of anilines is 2. The molecular formula is C25H22N2O2S2. The molecule has 156 valence electrons. The highest BCUT2D eigenvalue weighted by Crippen LogP contribution is 2.44. The van der Waals surface area contributed by atoms with E-state index in [-0.39, 0.29) is 17.9 Å². The average molecular weight is 447 g/mol. The molecule has 1 aliphatic carbocycles. The van der Waals surface area contributed by atoms with Crippen LogP contribution in [0.3, 0.4) is 0 Å². The molecule has 3 aromatic rings. The molecule has 1 N–H and O–H groups in total.